The molecule has 1 heterocycles. The third kappa shape index (κ3) is 5.14. The molecule has 0 atom stereocenters. The number of rotatable bonds is 6. The van der Waals surface area contributed by atoms with Crippen LogP contribution in [0.1, 0.15) is 33.9 Å². The fourth-order valence-corrected chi connectivity index (χ4v) is 4.24. The Morgan fingerprint density at radius 1 is 1.17 bits per heavy atom. The second kappa shape index (κ2) is 9.53. The number of allylic oxidation sites excluding steroid dienone is 1. The number of hydrogen-bond donors (Lipinski definition) is 2. The summed E-state index contributed by atoms with van der Waals surface area (Å²) in [6.45, 7) is 0. The number of carbonyl (C=O) groups excluding carboxylic acids is 1. The standard InChI is InChI=1S/C20H12Cl2F7N5OS/c21-11-3-10(18(23,19(24,25)26)20(27,28)29)4-12(22)14(11)32-6-9(5-30)16-33-13(7-36-16)15(35)34-17(8-31)1-2-17/h3-7H,1-2,30H2,(H,34,35). The molecule has 1 aromatic heterocycles. The van der Waals surface area contributed by atoms with Gasteiger partial charge >= 0.3 is 18.0 Å². The van der Waals surface area contributed by atoms with Crippen molar-refractivity contribution >= 4 is 57.9 Å². The van der Waals surface area contributed by atoms with E-state index in [1.165, 1.54) is 5.38 Å². The first-order valence-electron chi connectivity index (χ1n) is 9.56. The number of carbonyl (C=O) groups is 1. The quantitative estimate of drug-likeness (QED) is 0.316. The summed E-state index contributed by atoms with van der Waals surface area (Å²) in [5.74, 6) is -0.601. The van der Waals surface area contributed by atoms with Gasteiger partial charge in [0.2, 0.25) is 0 Å². The maximum atomic E-state index is 14.3. The molecule has 0 bridgehead atoms. The van der Waals surface area contributed by atoms with Crippen LogP contribution < -0.4 is 11.1 Å². The molecule has 0 radical (unpaired) electrons. The van der Waals surface area contributed by atoms with Gasteiger partial charge in [-0.1, -0.05) is 23.2 Å². The van der Waals surface area contributed by atoms with Gasteiger partial charge in [-0.3, -0.25) is 9.79 Å². The molecule has 3 rings (SSSR count). The molecule has 3 N–H and O–H groups in total. The number of nitrogens with two attached hydrogens (primary N) is 1. The van der Waals surface area contributed by atoms with Crippen molar-refractivity contribution in [2.45, 2.75) is 36.4 Å². The molecule has 0 aliphatic heterocycles. The Kier molecular flexibility index (Phi) is 7.33. The van der Waals surface area contributed by atoms with Gasteiger partial charge in [-0.15, -0.1) is 11.3 Å². The van der Waals surface area contributed by atoms with Gasteiger partial charge in [-0.05, 0) is 25.0 Å². The smallest absolute Gasteiger partial charge is 0.404 e. The summed E-state index contributed by atoms with van der Waals surface area (Å²) in [4.78, 5) is 20.2. The molecule has 1 aliphatic carbocycles. The molecule has 2 aromatic rings. The lowest BCUT2D eigenvalue weighted by Gasteiger charge is -2.30. The first-order chi connectivity index (χ1) is 16.6. The van der Waals surface area contributed by atoms with Gasteiger partial charge in [0, 0.05) is 28.9 Å². The summed E-state index contributed by atoms with van der Waals surface area (Å²) in [6.07, 6.45) is -9.68. The van der Waals surface area contributed by atoms with E-state index in [1.807, 2.05) is 6.07 Å². The number of nitrogens with one attached hydrogen (secondary N) is 1. The number of nitrogens with zero attached hydrogens (tertiary/aromatic N) is 3. The normalized spacial score (nSPS) is 16.2. The summed E-state index contributed by atoms with van der Waals surface area (Å²) in [6, 6.07) is 2.24. The van der Waals surface area contributed by atoms with Crippen molar-refractivity contribution in [2.75, 3.05) is 0 Å². The maximum absolute atomic E-state index is 14.3. The van der Waals surface area contributed by atoms with E-state index in [4.69, 9.17) is 34.2 Å². The number of thiazole rings is 1. The van der Waals surface area contributed by atoms with Crippen LogP contribution in [0.25, 0.3) is 5.57 Å². The predicted octanol–water partition coefficient (Wildman–Crippen LogP) is 6.23. The Labute approximate surface area is 212 Å². The van der Waals surface area contributed by atoms with Crippen molar-refractivity contribution < 1.29 is 35.5 Å². The van der Waals surface area contributed by atoms with Crippen LogP contribution in [0.15, 0.2) is 28.7 Å². The van der Waals surface area contributed by atoms with Gasteiger partial charge < -0.3 is 11.1 Å². The Bertz CT molecular complexity index is 1260. The van der Waals surface area contributed by atoms with Crippen molar-refractivity contribution in [3.63, 3.8) is 0 Å². The third-order valence-electron chi connectivity index (χ3n) is 5.01. The van der Waals surface area contributed by atoms with E-state index >= 15 is 0 Å². The van der Waals surface area contributed by atoms with E-state index in [-0.39, 0.29) is 28.4 Å². The maximum Gasteiger partial charge on any atom is 0.435 e. The Morgan fingerprint density at radius 3 is 2.17 bits per heavy atom. The molecule has 0 saturated heterocycles. The average Bonchev–Trinajstić information content (AvgIpc) is 3.37. The number of aliphatic imine (C=N–C) groups is 1. The van der Waals surface area contributed by atoms with E-state index in [0.717, 1.165) is 23.8 Å². The second-order valence-electron chi connectivity index (χ2n) is 7.51. The van der Waals surface area contributed by atoms with Crippen LogP contribution >= 0.6 is 34.5 Å². The van der Waals surface area contributed by atoms with Gasteiger partial charge in [0.25, 0.3) is 5.91 Å². The highest BCUT2D eigenvalue weighted by Gasteiger charge is 2.73. The van der Waals surface area contributed by atoms with Gasteiger partial charge in [0.15, 0.2) is 0 Å². The summed E-state index contributed by atoms with van der Waals surface area (Å²) < 4.78 is 92.5. The molecule has 36 heavy (non-hydrogen) atoms. The minimum absolute atomic E-state index is 0.0247. The molecule has 1 saturated carbocycles. The molecule has 1 aromatic carbocycles. The second-order valence-corrected chi connectivity index (χ2v) is 9.18. The summed E-state index contributed by atoms with van der Waals surface area (Å²) >= 11 is 12.6. The molecule has 192 valence electrons. The van der Waals surface area contributed by atoms with Crippen LogP contribution in [0, 0.1) is 11.3 Å². The van der Waals surface area contributed by atoms with Crippen molar-refractivity contribution in [3.05, 3.63) is 50.0 Å². The molecule has 0 unspecified atom stereocenters. The van der Waals surface area contributed by atoms with Crippen molar-refractivity contribution in [2.24, 2.45) is 10.7 Å². The minimum Gasteiger partial charge on any atom is -0.404 e. The zero-order valence-corrected chi connectivity index (χ0v) is 19.8. The molecule has 16 heteroatoms. The van der Waals surface area contributed by atoms with Crippen molar-refractivity contribution in [1.82, 2.24) is 10.3 Å². The number of aromatic nitrogens is 1. The van der Waals surface area contributed by atoms with Gasteiger partial charge in [-0.25, -0.2) is 9.37 Å². The highest BCUT2D eigenvalue weighted by molar-refractivity contribution is 7.11. The van der Waals surface area contributed by atoms with E-state index < -0.39 is 50.8 Å². The van der Waals surface area contributed by atoms with Gasteiger partial charge in [0.05, 0.1) is 16.1 Å². The SMILES string of the molecule is N#CC1(NC(=O)c2csc(C(C=Nc3c(Cl)cc(C(F)(C(F)(F)F)C(F)(F)F)cc3Cl)=CN)n2)CC1. The number of halogens is 9. The molecule has 1 fully saturated rings. The van der Waals surface area contributed by atoms with E-state index in [2.05, 4.69) is 15.3 Å². The number of nitriles is 1. The van der Waals surface area contributed by atoms with Crippen molar-refractivity contribution in [1.29, 1.82) is 5.26 Å². The van der Waals surface area contributed by atoms with Crippen LogP contribution in [-0.2, 0) is 5.67 Å². The zero-order valence-electron chi connectivity index (χ0n) is 17.4. The first kappa shape index (κ1) is 27.7. The van der Waals surface area contributed by atoms with Crippen LogP contribution in [0.4, 0.5) is 36.4 Å². The number of alkyl halides is 7. The molecule has 6 nitrogen and oxygen atoms in total. The number of amides is 1. The minimum atomic E-state index is -6.35. The highest BCUT2D eigenvalue weighted by Crippen LogP contribution is 2.54. The lowest BCUT2D eigenvalue weighted by molar-refractivity contribution is -0.348. The van der Waals surface area contributed by atoms with Crippen LogP contribution in [0.2, 0.25) is 10.0 Å². The van der Waals surface area contributed by atoms with E-state index in [0.29, 0.717) is 12.8 Å². The predicted molar refractivity (Wildman–Crippen MR) is 119 cm³/mol. The molecule has 1 aliphatic rings. The van der Waals surface area contributed by atoms with E-state index in [1.54, 1.807) is 0 Å². The lowest BCUT2D eigenvalue weighted by atomic mass is 9.94. The fourth-order valence-electron chi connectivity index (χ4n) is 2.86. The topological polar surface area (TPSA) is 104 Å². The van der Waals surface area contributed by atoms with Crippen molar-refractivity contribution in [3.8, 4) is 6.07 Å². The first-order valence-corrected chi connectivity index (χ1v) is 11.2. The zero-order chi connectivity index (χ0) is 27.1. The van der Waals surface area contributed by atoms with Crippen LogP contribution in [-0.4, -0.2) is 35.0 Å². The lowest BCUT2D eigenvalue weighted by Crippen LogP contribution is -2.50. The van der Waals surface area contributed by atoms with E-state index in [9.17, 15) is 35.5 Å². The van der Waals surface area contributed by atoms with Gasteiger partial charge in [-0.2, -0.15) is 31.6 Å². The summed E-state index contributed by atoms with van der Waals surface area (Å²) in [5.41, 5.74) is -3.38. The summed E-state index contributed by atoms with van der Waals surface area (Å²) in [5, 5.41) is 11.6. The van der Waals surface area contributed by atoms with Gasteiger partial charge in [0.1, 0.15) is 21.9 Å². The number of benzene rings is 1. The highest BCUT2D eigenvalue weighted by atomic mass is 35.5. The average molecular weight is 574 g/mol. The molecule has 0 spiro atoms. The monoisotopic (exact) mass is 573 g/mol. The number of hydrogen-bond acceptors (Lipinski definition) is 6. The fraction of sp³-hybridized carbons (Fsp3) is 0.300. The molecular formula is C20H12Cl2F7N5OS. The third-order valence-corrected chi connectivity index (χ3v) is 6.48. The van der Waals surface area contributed by atoms with Crippen LogP contribution in [0.3, 0.4) is 0 Å². The van der Waals surface area contributed by atoms with Crippen LogP contribution in [0.5, 0.6) is 0 Å². The Morgan fingerprint density at radius 2 is 1.72 bits per heavy atom. The Hall–Kier alpha value is -2.89. The Balaban J connectivity index is 1.89. The largest absolute Gasteiger partial charge is 0.435 e. The molecule has 1 amide bonds. The summed E-state index contributed by atoms with van der Waals surface area (Å²) in [7, 11) is 0. The molecular weight excluding hydrogens is 562 g/mol.